The third-order valence-electron chi connectivity index (χ3n) is 5.55. The van der Waals surface area contributed by atoms with Gasteiger partial charge in [0.1, 0.15) is 5.00 Å². The molecular formula is C26H28N2O5S. The minimum Gasteiger partial charge on any atom is -0.493 e. The smallest absolute Gasteiger partial charge is 0.341 e. The van der Waals surface area contributed by atoms with Gasteiger partial charge in [0.25, 0.3) is 5.91 Å². The van der Waals surface area contributed by atoms with Crippen molar-refractivity contribution in [2.45, 2.75) is 26.4 Å². The lowest BCUT2D eigenvalue weighted by Crippen LogP contribution is -2.30. The summed E-state index contributed by atoms with van der Waals surface area (Å²) < 4.78 is 16.2. The Labute approximate surface area is 203 Å². The number of para-hydroxylation sites is 2. The zero-order valence-electron chi connectivity index (χ0n) is 19.3. The number of carbonyl (C=O) groups is 2. The number of methoxy groups -OCH3 is 1. The van der Waals surface area contributed by atoms with Crippen molar-refractivity contribution in [3.63, 3.8) is 0 Å². The van der Waals surface area contributed by atoms with Gasteiger partial charge in [0.05, 0.1) is 19.3 Å². The highest BCUT2D eigenvalue weighted by atomic mass is 32.1. The van der Waals surface area contributed by atoms with Gasteiger partial charge >= 0.3 is 5.97 Å². The number of thiophene rings is 1. The molecule has 0 bridgehead atoms. The number of fused-ring (bicyclic) bond motifs is 1. The van der Waals surface area contributed by atoms with E-state index in [1.165, 1.54) is 16.9 Å². The van der Waals surface area contributed by atoms with E-state index in [-0.39, 0.29) is 19.1 Å². The molecule has 8 heteroatoms. The first kappa shape index (κ1) is 23.8. The second kappa shape index (κ2) is 11.2. The predicted octanol–water partition coefficient (Wildman–Crippen LogP) is 4.51. The minimum absolute atomic E-state index is 0.203. The fraction of sp³-hybridized carbons (Fsp3) is 0.308. The highest BCUT2D eigenvalue weighted by molar-refractivity contribution is 7.17. The highest BCUT2D eigenvalue weighted by Crippen LogP contribution is 2.38. The Morgan fingerprint density at radius 2 is 1.79 bits per heavy atom. The van der Waals surface area contributed by atoms with Crippen LogP contribution >= 0.6 is 11.3 Å². The second-order valence-corrected chi connectivity index (χ2v) is 8.97. The van der Waals surface area contributed by atoms with Crippen molar-refractivity contribution < 1.29 is 23.8 Å². The topological polar surface area (TPSA) is 77.1 Å². The lowest BCUT2D eigenvalue weighted by Gasteiger charge is -2.27. The lowest BCUT2D eigenvalue weighted by atomic mass is 10.0. The van der Waals surface area contributed by atoms with Crippen molar-refractivity contribution in [3.05, 3.63) is 76.2 Å². The molecule has 1 aromatic heterocycles. The van der Waals surface area contributed by atoms with Crippen molar-refractivity contribution in [3.8, 4) is 11.5 Å². The molecule has 7 nitrogen and oxygen atoms in total. The lowest BCUT2D eigenvalue weighted by molar-refractivity contribution is -0.118. The number of ether oxygens (including phenoxy) is 3. The number of hydrogen-bond donors (Lipinski definition) is 1. The van der Waals surface area contributed by atoms with Gasteiger partial charge < -0.3 is 19.5 Å². The number of nitrogens with one attached hydrogen (secondary N) is 1. The molecule has 0 unspecified atom stereocenters. The van der Waals surface area contributed by atoms with Gasteiger partial charge in [-0.1, -0.05) is 42.5 Å². The summed E-state index contributed by atoms with van der Waals surface area (Å²) in [5.41, 5.74) is 2.68. The first-order valence-corrected chi connectivity index (χ1v) is 12.0. The number of benzene rings is 2. The molecule has 0 saturated carbocycles. The normalized spacial score (nSPS) is 13.1. The molecular weight excluding hydrogens is 452 g/mol. The molecule has 0 atom stereocenters. The van der Waals surface area contributed by atoms with E-state index in [1.807, 2.05) is 30.3 Å². The van der Waals surface area contributed by atoms with Crippen LogP contribution in [0, 0.1) is 0 Å². The van der Waals surface area contributed by atoms with Crippen LogP contribution in [0.1, 0.15) is 33.3 Å². The van der Waals surface area contributed by atoms with Crippen LogP contribution in [-0.2, 0) is 29.0 Å². The van der Waals surface area contributed by atoms with Gasteiger partial charge in [0, 0.05) is 24.5 Å². The summed E-state index contributed by atoms with van der Waals surface area (Å²) in [7, 11) is 1.55. The van der Waals surface area contributed by atoms with Gasteiger partial charge in [-0.05, 0) is 36.6 Å². The third-order valence-corrected chi connectivity index (χ3v) is 6.68. The Kier molecular flexibility index (Phi) is 7.82. The van der Waals surface area contributed by atoms with Gasteiger partial charge in [-0.3, -0.25) is 9.69 Å². The van der Waals surface area contributed by atoms with Crippen LogP contribution in [0.3, 0.4) is 0 Å². The average Bonchev–Trinajstić information content (AvgIpc) is 3.20. The molecule has 1 amide bonds. The number of rotatable bonds is 9. The molecule has 1 aliphatic heterocycles. The second-order valence-electron chi connectivity index (χ2n) is 7.86. The maximum Gasteiger partial charge on any atom is 0.341 e. The van der Waals surface area contributed by atoms with Gasteiger partial charge in [0.15, 0.2) is 18.1 Å². The molecule has 4 rings (SSSR count). The number of nitrogens with zero attached hydrogens (tertiary/aromatic N) is 1. The van der Waals surface area contributed by atoms with Crippen LogP contribution in [0.2, 0.25) is 0 Å². The van der Waals surface area contributed by atoms with E-state index in [0.29, 0.717) is 22.1 Å². The van der Waals surface area contributed by atoms with Crippen LogP contribution < -0.4 is 14.8 Å². The average molecular weight is 481 g/mol. The number of anilines is 1. The summed E-state index contributed by atoms with van der Waals surface area (Å²) >= 11 is 1.43. The Balaban J connectivity index is 1.49. The maximum atomic E-state index is 12.8. The fourth-order valence-electron chi connectivity index (χ4n) is 3.98. The van der Waals surface area contributed by atoms with E-state index in [2.05, 4.69) is 22.3 Å². The van der Waals surface area contributed by atoms with E-state index in [0.717, 1.165) is 36.5 Å². The Morgan fingerprint density at radius 1 is 1.06 bits per heavy atom. The van der Waals surface area contributed by atoms with Gasteiger partial charge in [-0.2, -0.15) is 0 Å². The summed E-state index contributed by atoms with van der Waals surface area (Å²) in [6.07, 6.45) is 0.723. The van der Waals surface area contributed by atoms with E-state index in [1.54, 1.807) is 26.2 Å². The Hall–Kier alpha value is -3.36. The van der Waals surface area contributed by atoms with Crippen molar-refractivity contribution >= 4 is 28.2 Å². The van der Waals surface area contributed by atoms with Crippen LogP contribution in [0.5, 0.6) is 11.5 Å². The number of esters is 1. The van der Waals surface area contributed by atoms with Gasteiger partial charge in [-0.15, -0.1) is 11.3 Å². The molecule has 0 fully saturated rings. The predicted molar refractivity (Wildman–Crippen MR) is 132 cm³/mol. The molecule has 1 N–H and O–H groups in total. The summed E-state index contributed by atoms with van der Waals surface area (Å²) in [4.78, 5) is 28.9. The standard InChI is InChI=1S/C26H28N2O5S/c1-3-32-26(30)24-19-13-14-28(15-18-9-5-4-6-10-18)16-22(19)34-25(24)27-23(29)17-33-21-12-8-7-11-20(21)31-2/h4-12H,3,13-17H2,1-2H3,(H,27,29). The van der Waals surface area contributed by atoms with Gasteiger partial charge in [0.2, 0.25) is 0 Å². The molecule has 2 aromatic carbocycles. The Bertz CT molecular complexity index is 1150. The zero-order valence-corrected chi connectivity index (χ0v) is 20.2. The molecule has 0 aliphatic carbocycles. The minimum atomic E-state index is -0.405. The fourth-order valence-corrected chi connectivity index (χ4v) is 5.28. The van der Waals surface area contributed by atoms with E-state index >= 15 is 0 Å². The molecule has 34 heavy (non-hydrogen) atoms. The molecule has 3 aromatic rings. The summed E-state index contributed by atoms with van der Waals surface area (Å²) in [5.74, 6) is 0.272. The molecule has 0 radical (unpaired) electrons. The van der Waals surface area contributed by atoms with Crippen LogP contribution in [-0.4, -0.2) is 43.6 Å². The van der Waals surface area contributed by atoms with Crippen LogP contribution in [0.25, 0.3) is 0 Å². The molecule has 2 heterocycles. The number of carbonyl (C=O) groups excluding carboxylic acids is 2. The van der Waals surface area contributed by atoms with Crippen LogP contribution in [0.15, 0.2) is 54.6 Å². The monoisotopic (exact) mass is 480 g/mol. The molecule has 0 saturated heterocycles. The maximum absolute atomic E-state index is 12.8. The SMILES string of the molecule is CCOC(=O)c1c(NC(=O)COc2ccccc2OC)sc2c1CCN(Cc1ccccc1)C2. The van der Waals surface area contributed by atoms with Crippen LogP contribution in [0.4, 0.5) is 5.00 Å². The first-order chi connectivity index (χ1) is 16.6. The van der Waals surface area contributed by atoms with Gasteiger partial charge in [-0.25, -0.2) is 4.79 Å². The molecule has 0 spiro atoms. The number of hydrogen-bond acceptors (Lipinski definition) is 7. The summed E-state index contributed by atoms with van der Waals surface area (Å²) in [6, 6.07) is 17.4. The largest absolute Gasteiger partial charge is 0.493 e. The van der Waals surface area contributed by atoms with E-state index < -0.39 is 5.97 Å². The quantitative estimate of drug-likeness (QED) is 0.454. The third kappa shape index (κ3) is 5.58. The Morgan fingerprint density at radius 3 is 2.53 bits per heavy atom. The first-order valence-electron chi connectivity index (χ1n) is 11.2. The summed E-state index contributed by atoms with van der Waals surface area (Å²) in [6.45, 7) is 4.22. The van der Waals surface area contributed by atoms with E-state index in [4.69, 9.17) is 14.2 Å². The molecule has 1 aliphatic rings. The highest BCUT2D eigenvalue weighted by Gasteiger charge is 2.29. The zero-order chi connectivity index (χ0) is 23.9. The van der Waals surface area contributed by atoms with Crippen molar-refractivity contribution in [1.82, 2.24) is 4.90 Å². The van der Waals surface area contributed by atoms with E-state index in [9.17, 15) is 9.59 Å². The number of amides is 1. The summed E-state index contributed by atoms with van der Waals surface area (Å²) in [5, 5.41) is 3.39. The molecule has 178 valence electrons. The van der Waals surface area contributed by atoms with Crippen molar-refractivity contribution in [2.24, 2.45) is 0 Å². The van der Waals surface area contributed by atoms with Crippen molar-refractivity contribution in [1.29, 1.82) is 0 Å². The van der Waals surface area contributed by atoms with Crippen molar-refractivity contribution in [2.75, 3.05) is 32.2 Å².